The van der Waals surface area contributed by atoms with Crippen molar-refractivity contribution in [2.75, 3.05) is 19.0 Å². The summed E-state index contributed by atoms with van der Waals surface area (Å²) in [4.78, 5) is 12.8. The Morgan fingerprint density at radius 1 is 0.944 bits per heavy atom. The SMILES string of the molecule is CCOc1cc(CCCC(=O)[C@@H](CO)c2ccccc2)ccc1S(=O)(=O)CCc1ccc(Cl)c(Cl)c1. The minimum Gasteiger partial charge on any atom is -0.493 e. The number of hydrogen-bond donors (Lipinski definition) is 1. The van der Waals surface area contributed by atoms with Crippen LogP contribution < -0.4 is 4.74 Å². The molecule has 0 radical (unpaired) electrons. The van der Waals surface area contributed by atoms with E-state index in [1.165, 1.54) is 0 Å². The lowest BCUT2D eigenvalue weighted by molar-refractivity contribution is -0.121. The van der Waals surface area contributed by atoms with Gasteiger partial charge in [-0.3, -0.25) is 4.79 Å². The third-order valence-electron chi connectivity index (χ3n) is 5.95. The molecule has 8 heteroatoms. The van der Waals surface area contributed by atoms with Gasteiger partial charge in [0.2, 0.25) is 0 Å². The molecular formula is C28H30Cl2O5S. The van der Waals surface area contributed by atoms with Crippen molar-refractivity contribution in [2.45, 2.75) is 43.4 Å². The third kappa shape index (κ3) is 7.56. The first-order valence-electron chi connectivity index (χ1n) is 11.9. The van der Waals surface area contributed by atoms with Crippen molar-refractivity contribution in [2.24, 2.45) is 0 Å². The van der Waals surface area contributed by atoms with Gasteiger partial charge in [0, 0.05) is 6.42 Å². The first-order valence-corrected chi connectivity index (χ1v) is 14.3. The van der Waals surface area contributed by atoms with E-state index in [-0.39, 0.29) is 23.0 Å². The van der Waals surface area contributed by atoms with Crippen molar-refractivity contribution in [3.05, 3.63) is 93.5 Å². The van der Waals surface area contributed by atoms with Crippen molar-refractivity contribution in [3.63, 3.8) is 0 Å². The van der Waals surface area contributed by atoms with Crippen LogP contribution in [0.3, 0.4) is 0 Å². The van der Waals surface area contributed by atoms with Crippen molar-refractivity contribution in [1.82, 2.24) is 0 Å². The second-order valence-electron chi connectivity index (χ2n) is 8.50. The lowest BCUT2D eigenvalue weighted by Crippen LogP contribution is -2.16. The van der Waals surface area contributed by atoms with Gasteiger partial charge in [0.25, 0.3) is 0 Å². The van der Waals surface area contributed by atoms with Gasteiger partial charge in [0.05, 0.1) is 34.9 Å². The van der Waals surface area contributed by atoms with Gasteiger partial charge in [-0.15, -0.1) is 0 Å². The van der Waals surface area contributed by atoms with E-state index in [1.54, 1.807) is 43.3 Å². The third-order valence-corrected chi connectivity index (χ3v) is 8.44. The van der Waals surface area contributed by atoms with E-state index in [2.05, 4.69) is 0 Å². The number of carbonyl (C=O) groups is 1. The molecule has 0 spiro atoms. The average molecular weight is 550 g/mol. The highest BCUT2D eigenvalue weighted by Crippen LogP contribution is 2.29. The van der Waals surface area contributed by atoms with Crippen molar-refractivity contribution in [1.29, 1.82) is 0 Å². The van der Waals surface area contributed by atoms with Crippen LogP contribution in [0.15, 0.2) is 71.6 Å². The van der Waals surface area contributed by atoms with E-state index in [0.717, 1.165) is 16.7 Å². The van der Waals surface area contributed by atoms with Crippen LogP contribution in [-0.2, 0) is 27.5 Å². The van der Waals surface area contributed by atoms with Crippen LogP contribution in [0.4, 0.5) is 0 Å². The summed E-state index contributed by atoms with van der Waals surface area (Å²) in [6.07, 6.45) is 1.77. The fourth-order valence-corrected chi connectivity index (χ4v) is 5.75. The van der Waals surface area contributed by atoms with Crippen molar-refractivity contribution in [3.8, 4) is 5.75 Å². The molecule has 0 bridgehead atoms. The summed E-state index contributed by atoms with van der Waals surface area (Å²) in [6.45, 7) is 1.90. The van der Waals surface area contributed by atoms with Crippen LogP contribution in [-0.4, -0.2) is 38.3 Å². The molecule has 0 aliphatic heterocycles. The van der Waals surface area contributed by atoms with Crippen LogP contribution in [0.1, 0.15) is 42.4 Å². The lowest BCUT2D eigenvalue weighted by Gasteiger charge is -2.14. The van der Waals surface area contributed by atoms with Crippen LogP contribution in [0, 0.1) is 0 Å². The van der Waals surface area contributed by atoms with Gasteiger partial charge in [-0.2, -0.15) is 0 Å². The monoisotopic (exact) mass is 548 g/mol. The predicted octanol–water partition coefficient (Wildman–Crippen LogP) is 6.08. The number of Topliss-reactive ketones (excluding diaryl/α,β-unsaturated/α-hetero) is 1. The van der Waals surface area contributed by atoms with E-state index < -0.39 is 15.8 Å². The Morgan fingerprint density at radius 3 is 2.31 bits per heavy atom. The van der Waals surface area contributed by atoms with Crippen molar-refractivity contribution < 1.29 is 23.1 Å². The summed E-state index contributed by atoms with van der Waals surface area (Å²) < 4.78 is 31.9. The number of ether oxygens (including phenoxy) is 1. The highest BCUT2D eigenvalue weighted by Gasteiger charge is 2.22. The van der Waals surface area contributed by atoms with Gasteiger partial charge >= 0.3 is 0 Å². The highest BCUT2D eigenvalue weighted by molar-refractivity contribution is 7.91. The van der Waals surface area contributed by atoms with Gasteiger partial charge in [-0.05, 0) is 67.1 Å². The molecule has 0 saturated carbocycles. The van der Waals surface area contributed by atoms with E-state index in [9.17, 15) is 18.3 Å². The van der Waals surface area contributed by atoms with E-state index in [1.807, 2.05) is 30.3 Å². The number of halogens is 2. The zero-order chi connectivity index (χ0) is 26.1. The number of aliphatic hydroxyl groups is 1. The summed E-state index contributed by atoms with van der Waals surface area (Å²) in [5, 5.41) is 10.5. The maximum absolute atomic E-state index is 13.1. The molecule has 0 aromatic heterocycles. The molecule has 0 aliphatic rings. The van der Waals surface area contributed by atoms with E-state index in [0.29, 0.717) is 48.1 Å². The van der Waals surface area contributed by atoms with Crippen LogP contribution >= 0.6 is 23.2 Å². The highest BCUT2D eigenvalue weighted by atomic mass is 35.5. The zero-order valence-corrected chi connectivity index (χ0v) is 22.5. The number of carbonyl (C=O) groups excluding carboxylic acids is 1. The van der Waals surface area contributed by atoms with Crippen LogP contribution in [0.25, 0.3) is 0 Å². The summed E-state index contributed by atoms with van der Waals surface area (Å²) in [7, 11) is -3.61. The maximum Gasteiger partial charge on any atom is 0.182 e. The molecule has 3 rings (SSSR count). The van der Waals surface area contributed by atoms with Gasteiger partial charge < -0.3 is 9.84 Å². The maximum atomic E-state index is 13.1. The average Bonchev–Trinajstić information content (AvgIpc) is 2.86. The molecule has 0 unspecified atom stereocenters. The molecule has 0 aliphatic carbocycles. The number of aryl methyl sites for hydroxylation is 2. The number of hydrogen-bond acceptors (Lipinski definition) is 5. The molecule has 3 aromatic carbocycles. The first kappa shape index (κ1) is 28.2. The molecule has 0 amide bonds. The number of rotatable bonds is 13. The summed E-state index contributed by atoms with van der Waals surface area (Å²) in [6, 6.07) is 19.4. The number of ketones is 1. The van der Waals surface area contributed by atoms with Gasteiger partial charge in [-0.1, -0.05) is 65.7 Å². The fourth-order valence-electron chi connectivity index (χ4n) is 4.01. The van der Waals surface area contributed by atoms with Gasteiger partial charge in [0.15, 0.2) is 9.84 Å². The number of aliphatic hydroxyl groups excluding tert-OH is 1. The zero-order valence-electron chi connectivity index (χ0n) is 20.1. The molecule has 3 aromatic rings. The molecule has 1 atom stereocenters. The summed E-state index contributed by atoms with van der Waals surface area (Å²) >= 11 is 12.0. The standard InChI is InChI=1S/C28H30Cl2O5S/c1-2-35-27-18-20(7-6-10-26(32)23(19-31)22-8-4-3-5-9-22)12-14-28(27)36(33,34)16-15-21-11-13-24(29)25(30)17-21/h3-5,8-9,11-14,17-18,23,31H,2,6-7,10,15-16,19H2,1H3/t23-/m0/s1. The topological polar surface area (TPSA) is 80.7 Å². The molecule has 1 N–H and O–H groups in total. The summed E-state index contributed by atoms with van der Waals surface area (Å²) in [5.74, 6) is -0.336. The first-order chi connectivity index (χ1) is 17.2. The largest absolute Gasteiger partial charge is 0.493 e. The Labute approximate surface area is 222 Å². The Kier molecular flexibility index (Phi) is 10.4. The molecule has 5 nitrogen and oxygen atoms in total. The second kappa shape index (κ2) is 13.2. The molecule has 0 saturated heterocycles. The molecule has 0 heterocycles. The Morgan fingerprint density at radius 2 is 1.64 bits per heavy atom. The molecular weight excluding hydrogens is 519 g/mol. The van der Waals surface area contributed by atoms with Crippen LogP contribution in [0.5, 0.6) is 5.75 Å². The Hall–Kier alpha value is -2.38. The van der Waals surface area contributed by atoms with Gasteiger partial charge in [-0.25, -0.2) is 8.42 Å². The van der Waals surface area contributed by atoms with Gasteiger partial charge in [0.1, 0.15) is 16.4 Å². The minimum absolute atomic E-state index is 0.0183. The predicted molar refractivity (Wildman–Crippen MR) is 144 cm³/mol. The quantitative estimate of drug-likeness (QED) is 0.280. The van der Waals surface area contributed by atoms with E-state index in [4.69, 9.17) is 27.9 Å². The number of benzene rings is 3. The fraction of sp³-hybridized carbons (Fsp3) is 0.321. The number of sulfone groups is 1. The molecule has 0 fully saturated rings. The van der Waals surface area contributed by atoms with Crippen LogP contribution in [0.2, 0.25) is 10.0 Å². The van der Waals surface area contributed by atoms with Crippen molar-refractivity contribution >= 4 is 38.8 Å². The minimum atomic E-state index is -3.61. The summed E-state index contributed by atoms with van der Waals surface area (Å²) in [5.41, 5.74) is 2.47. The second-order valence-corrected chi connectivity index (χ2v) is 11.4. The van der Waals surface area contributed by atoms with E-state index >= 15 is 0 Å². The Bertz CT molecular complexity index is 1280. The molecule has 192 valence electrons. The lowest BCUT2D eigenvalue weighted by atomic mass is 9.92. The normalized spacial score (nSPS) is 12.3. The Balaban J connectivity index is 1.66. The molecule has 36 heavy (non-hydrogen) atoms. The smallest absolute Gasteiger partial charge is 0.182 e.